The van der Waals surface area contributed by atoms with E-state index in [1.807, 2.05) is 12.1 Å². The fraction of sp³-hybridized carbons (Fsp3) is 0. The highest BCUT2D eigenvalue weighted by Crippen LogP contribution is 2.49. The monoisotopic (exact) mass is 729 g/mol. The van der Waals surface area contributed by atoms with Crippen molar-refractivity contribution < 1.29 is 8.83 Å². The highest BCUT2D eigenvalue weighted by molar-refractivity contribution is 6.20. The molecule has 0 N–H and O–H groups in total. The third kappa shape index (κ3) is 5.60. The van der Waals surface area contributed by atoms with Crippen LogP contribution in [0.5, 0.6) is 0 Å². The van der Waals surface area contributed by atoms with Crippen LogP contribution in [0.1, 0.15) is 0 Å². The molecule has 0 radical (unpaired) electrons. The normalized spacial score (nSPS) is 11.5. The molecule has 57 heavy (non-hydrogen) atoms. The zero-order valence-corrected chi connectivity index (χ0v) is 31.0. The predicted octanol–water partition coefficient (Wildman–Crippen LogP) is 15.6. The lowest BCUT2D eigenvalue weighted by atomic mass is 9.96. The minimum absolute atomic E-state index is 0.820. The van der Waals surface area contributed by atoms with Gasteiger partial charge in [0, 0.05) is 27.4 Å². The maximum Gasteiger partial charge on any atom is 0.160 e. The van der Waals surface area contributed by atoms with Crippen LogP contribution in [-0.2, 0) is 0 Å². The van der Waals surface area contributed by atoms with Gasteiger partial charge in [-0.05, 0) is 75.3 Å². The number of fused-ring (bicyclic) bond motifs is 6. The number of furan rings is 2. The Hall–Kier alpha value is -7.62. The van der Waals surface area contributed by atoms with Gasteiger partial charge in [0.1, 0.15) is 16.7 Å². The van der Waals surface area contributed by atoms with E-state index in [1.54, 1.807) is 0 Å². The fourth-order valence-corrected chi connectivity index (χ4v) is 8.41. The highest BCUT2D eigenvalue weighted by Gasteiger charge is 2.26. The Labute approximate surface area is 330 Å². The number of rotatable bonds is 7. The molecule has 0 spiro atoms. The molecule has 9 aromatic carbocycles. The number of hydrogen-bond donors (Lipinski definition) is 0. The lowest BCUT2D eigenvalue weighted by Crippen LogP contribution is -2.10. The van der Waals surface area contributed by atoms with Crippen LogP contribution in [0.3, 0.4) is 0 Å². The van der Waals surface area contributed by atoms with Gasteiger partial charge in [-0.2, -0.15) is 0 Å². The summed E-state index contributed by atoms with van der Waals surface area (Å²) < 4.78 is 13.7. The zero-order chi connectivity index (χ0) is 37.7. The molecule has 11 rings (SSSR count). The van der Waals surface area contributed by atoms with E-state index in [4.69, 9.17) is 8.83 Å². The summed E-state index contributed by atoms with van der Waals surface area (Å²) in [6.07, 6.45) is 0. The van der Waals surface area contributed by atoms with Gasteiger partial charge in [-0.3, -0.25) is 0 Å². The zero-order valence-electron chi connectivity index (χ0n) is 31.0. The van der Waals surface area contributed by atoms with E-state index in [-0.39, 0.29) is 0 Å². The van der Waals surface area contributed by atoms with E-state index in [0.29, 0.717) is 0 Å². The van der Waals surface area contributed by atoms with Crippen LogP contribution in [0.15, 0.2) is 221 Å². The number of para-hydroxylation sites is 2. The molecule has 0 aliphatic rings. The SMILES string of the molecule is c1ccc(-c2ccc(-c3ccc(N(c4ccc(-c5ccccc5)c5c4oc4c(-c6ccccc6)cccc45)c4cccc5oc6ccccc6c45)cc3)cc2)cc1. The number of anilines is 3. The fourth-order valence-electron chi connectivity index (χ4n) is 8.41. The minimum Gasteiger partial charge on any atom is -0.456 e. The van der Waals surface area contributed by atoms with E-state index >= 15 is 0 Å². The molecule has 3 heteroatoms. The van der Waals surface area contributed by atoms with Crippen LogP contribution in [0.4, 0.5) is 17.1 Å². The molecule has 0 aliphatic carbocycles. The topological polar surface area (TPSA) is 29.5 Å². The van der Waals surface area contributed by atoms with Crippen LogP contribution in [0.2, 0.25) is 0 Å². The van der Waals surface area contributed by atoms with Crippen molar-refractivity contribution in [3.63, 3.8) is 0 Å². The lowest BCUT2D eigenvalue weighted by molar-refractivity contribution is 0.668. The van der Waals surface area contributed by atoms with E-state index in [0.717, 1.165) is 94.3 Å². The smallest absolute Gasteiger partial charge is 0.160 e. The summed E-state index contributed by atoms with van der Waals surface area (Å²) >= 11 is 0. The molecule has 0 bridgehead atoms. The van der Waals surface area contributed by atoms with Gasteiger partial charge in [-0.15, -0.1) is 0 Å². The van der Waals surface area contributed by atoms with Gasteiger partial charge in [-0.1, -0.05) is 176 Å². The molecule has 0 atom stereocenters. The summed E-state index contributed by atoms with van der Waals surface area (Å²) in [5.74, 6) is 0. The first-order valence-electron chi connectivity index (χ1n) is 19.3. The Kier molecular flexibility index (Phi) is 7.82. The molecule has 0 amide bonds. The van der Waals surface area contributed by atoms with Gasteiger partial charge in [0.25, 0.3) is 0 Å². The third-order valence-electron chi connectivity index (χ3n) is 11.1. The van der Waals surface area contributed by atoms with Gasteiger partial charge in [-0.25, -0.2) is 0 Å². The second-order valence-electron chi connectivity index (χ2n) is 14.4. The molecule has 0 fully saturated rings. The van der Waals surface area contributed by atoms with Crippen LogP contribution in [0, 0.1) is 0 Å². The second kappa shape index (κ2) is 13.6. The Morgan fingerprint density at radius 3 is 1.49 bits per heavy atom. The Balaban J connectivity index is 1.15. The molecular weight excluding hydrogens is 695 g/mol. The Bertz CT molecular complexity index is 3200. The standard InChI is InChI=1S/C54H35NO2/c1-4-14-36(15-5-1)37-26-28-38(29-27-37)39-30-32-42(33-31-39)55(47-23-13-25-50-52(47)45-20-10-11-24-49(45)56-50)48-35-34-43(40-16-6-2-7-17-40)51-46-22-12-21-44(53(46)57-54(48)51)41-18-8-3-9-19-41/h1-35H. The first-order chi connectivity index (χ1) is 28.3. The van der Waals surface area contributed by atoms with E-state index in [2.05, 4.69) is 205 Å². The lowest BCUT2D eigenvalue weighted by Gasteiger charge is -2.27. The molecule has 0 aliphatic heterocycles. The van der Waals surface area contributed by atoms with Crippen molar-refractivity contribution in [1.82, 2.24) is 0 Å². The van der Waals surface area contributed by atoms with Crippen molar-refractivity contribution in [2.75, 3.05) is 4.90 Å². The van der Waals surface area contributed by atoms with Gasteiger partial charge in [0.05, 0.1) is 16.8 Å². The first kappa shape index (κ1) is 32.8. The molecule has 2 aromatic heterocycles. The largest absolute Gasteiger partial charge is 0.456 e. The van der Waals surface area contributed by atoms with Crippen molar-refractivity contribution in [3.05, 3.63) is 212 Å². The molecular formula is C54H35NO2. The third-order valence-corrected chi connectivity index (χ3v) is 11.1. The molecule has 11 aromatic rings. The quantitative estimate of drug-likeness (QED) is 0.164. The predicted molar refractivity (Wildman–Crippen MR) is 237 cm³/mol. The van der Waals surface area contributed by atoms with Gasteiger partial charge in [0.15, 0.2) is 5.58 Å². The molecule has 268 valence electrons. The van der Waals surface area contributed by atoms with Gasteiger partial charge < -0.3 is 13.7 Å². The van der Waals surface area contributed by atoms with Crippen molar-refractivity contribution in [3.8, 4) is 44.5 Å². The van der Waals surface area contributed by atoms with Crippen LogP contribution in [0.25, 0.3) is 88.4 Å². The van der Waals surface area contributed by atoms with Crippen LogP contribution < -0.4 is 4.90 Å². The number of nitrogens with zero attached hydrogens (tertiary/aromatic N) is 1. The van der Waals surface area contributed by atoms with Crippen molar-refractivity contribution in [2.24, 2.45) is 0 Å². The van der Waals surface area contributed by atoms with E-state index in [9.17, 15) is 0 Å². The molecule has 3 nitrogen and oxygen atoms in total. The summed E-state index contributed by atoms with van der Waals surface area (Å²) in [5, 5.41) is 4.27. The maximum absolute atomic E-state index is 7.21. The minimum atomic E-state index is 0.820. The average molecular weight is 730 g/mol. The Morgan fingerprint density at radius 1 is 0.281 bits per heavy atom. The summed E-state index contributed by atoms with van der Waals surface area (Å²) in [5.41, 5.74) is 15.5. The summed E-state index contributed by atoms with van der Waals surface area (Å²) in [6.45, 7) is 0. The molecule has 2 heterocycles. The van der Waals surface area contributed by atoms with Crippen molar-refractivity contribution >= 4 is 60.9 Å². The van der Waals surface area contributed by atoms with Crippen molar-refractivity contribution in [1.29, 1.82) is 0 Å². The van der Waals surface area contributed by atoms with E-state index < -0.39 is 0 Å². The summed E-state index contributed by atoms with van der Waals surface area (Å²) in [6, 6.07) is 74.9. The van der Waals surface area contributed by atoms with Crippen molar-refractivity contribution in [2.45, 2.75) is 0 Å². The molecule has 0 saturated heterocycles. The number of benzene rings is 9. The van der Waals surface area contributed by atoms with Gasteiger partial charge >= 0.3 is 0 Å². The molecule has 0 unspecified atom stereocenters. The Morgan fingerprint density at radius 2 is 0.807 bits per heavy atom. The average Bonchev–Trinajstić information content (AvgIpc) is 3.88. The first-order valence-corrected chi connectivity index (χ1v) is 19.3. The van der Waals surface area contributed by atoms with Gasteiger partial charge in [0.2, 0.25) is 0 Å². The summed E-state index contributed by atoms with van der Waals surface area (Å²) in [7, 11) is 0. The van der Waals surface area contributed by atoms with Crippen LogP contribution >= 0.6 is 0 Å². The van der Waals surface area contributed by atoms with E-state index in [1.165, 1.54) is 11.1 Å². The highest BCUT2D eigenvalue weighted by atomic mass is 16.3. The summed E-state index contributed by atoms with van der Waals surface area (Å²) in [4.78, 5) is 2.34. The molecule has 0 saturated carbocycles. The maximum atomic E-state index is 7.21. The number of hydrogen-bond acceptors (Lipinski definition) is 3. The second-order valence-corrected chi connectivity index (χ2v) is 14.4. The van der Waals surface area contributed by atoms with Crippen LogP contribution in [-0.4, -0.2) is 0 Å².